The molecule has 0 bridgehead atoms. The molecule has 0 saturated carbocycles. The number of hydrogen-bond acceptors (Lipinski definition) is 6. The minimum Gasteiger partial charge on any atom is -0.502 e. The van der Waals surface area contributed by atoms with Crippen LogP contribution in [0.25, 0.3) is 0 Å². The Morgan fingerprint density at radius 1 is 1.20 bits per heavy atom. The fraction of sp³-hybridized carbons (Fsp3) is 0.444. The molecule has 0 saturated heterocycles. The van der Waals surface area contributed by atoms with E-state index in [2.05, 4.69) is 20.6 Å². The summed E-state index contributed by atoms with van der Waals surface area (Å²) < 4.78 is 48.1. The molecule has 1 heterocycles. The summed E-state index contributed by atoms with van der Waals surface area (Å²) >= 11 is 0.978. The smallest absolute Gasteiger partial charge is 0.434 e. The highest BCUT2D eigenvalue weighted by Gasteiger charge is 2.33. The summed E-state index contributed by atoms with van der Waals surface area (Å²) in [7, 11) is 2.88. The number of aromatic hydroxyl groups is 1. The number of alkyl halides is 3. The monoisotopic (exact) mass is 560 g/mol. The minimum absolute atomic E-state index is 0. The SMILES string of the molecule is CCNC(=NCc1cc(OC)c(O)c(OC)c1)NCCc1nc(C(F)(F)F)cs1.I. The van der Waals surface area contributed by atoms with Crippen LogP contribution < -0.4 is 20.1 Å². The summed E-state index contributed by atoms with van der Waals surface area (Å²) in [6.07, 6.45) is -4.09. The van der Waals surface area contributed by atoms with Gasteiger partial charge in [0, 0.05) is 24.9 Å². The van der Waals surface area contributed by atoms with Crippen molar-refractivity contribution < 1.29 is 27.8 Å². The quantitative estimate of drug-likeness (QED) is 0.259. The number of ether oxygens (including phenoxy) is 2. The van der Waals surface area contributed by atoms with Crippen LogP contribution in [0.2, 0.25) is 0 Å². The number of guanidine groups is 1. The lowest BCUT2D eigenvalue weighted by atomic mass is 10.2. The van der Waals surface area contributed by atoms with E-state index in [0.29, 0.717) is 30.5 Å². The molecule has 0 unspecified atom stereocenters. The van der Waals surface area contributed by atoms with Crippen molar-refractivity contribution in [3.05, 3.63) is 33.8 Å². The van der Waals surface area contributed by atoms with E-state index >= 15 is 0 Å². The van der Waals surface area contributed by atoms with Crippen molar-refractivity contribution >= 4 is 41.3 Å². The fourth-order valence-electron chi connectivity index (χ4n) is 2.39. The fourth-order valence-corrected chi connectivity index (χ4v) is 3.20. The maximum Gasteiger partial charge on any atom is 0.434 e. The highest BCUT2D eigenvalue weighted by Crippen LogP contribution is 2.37. The molecule has 168 valence electrons. The average molecular weight is 560 g/mol. The van der Waals surface area contributed by atoms with Gasteiger partial charge in [0.15, 0.2) is 23.2 Å². The average Bonchev–Trinajstić information content (AvgIpc) is 3.16. The Balaban J connectivity index is 0.00000450. The molecule has 2 aromatic rings. The third-order valence-corrected chi connectivity index (χ3v) is 4.69. The molecule has 12 heteroatoms. The van der Waals surface area contributed by atoms with Gasteiger partial charge in [0.25, 0.3) is 0 Å². The predicted molar refractivity (Wildman–Crippen MR) is 120 cm³/mol. The maximum atomic E-state index is 12.6. The number of phenolic OH excluding ortho intramolecular Hbond substituents is 1. The zero-order chi connectivity index (χ0) is 21.4. The molecule has 0 aliphatic heterocycles. The zero-order valence-electron chi connectivity index (χ0n) is 16.7. The molecule has 0 aliphatic rings. The number of thiazole rings is 1. The normalized spacial score (nSPS) is 11.6. The highest BCUT2D eigenvalue weighted by atomic mass is 127. The number of nitrogens with zero attached hydrogens (tertiary/aromatic N) is 2. The Morgan fingerprint density at radius 3 is 2.33 bits per heavy atom. The summed E-state index contributed by atoms with van der Waals surface area (Å²) in [5, 5.41) is 17.5. The second kappa shape index (κ2) is 12.0. The van der Waals surface area contributed by atoms with Gasteiger partial charge in [-0.3, -0.25) is 0 Å². The van der Waals surface area contributed by atoms with E-state index in [1.165, 1.54) is 14.2 Å². The lowest BCUT2D eigenvalue weighted by Crippen LogP contribution is -2.38. The number of methoxy groups -OCH3 is 2. The van der Waals surface area contributed by atoms with Gasteiger partial charge < -0.3 is 25.2 Å². The van der Waals surface area contributed by atoms with E-state index in [9.17, 15) is 18.3 Å². The maximum absolute atomic E-state index is 12.6. The van der Waals surface area contributed by atoms with Crippen LogP contribution in [0.4, 0.5) is 13.2 Å². The van der Waals surface area contributed by atoms with Gasteiger partial charge in [0.1, 0.15) is 0 Å². The zero-order valence-corrected chi connectivity index (χ0v) is 19.8. The molecule has 0 fully saturated rings. The molecule has 2 rings (SSSR count). The third-order valence-electron chi connectivity index (χ3n) is 3.78. The molecular weight excluding hydrogens is 536 g/mol. The number of aromatic nitrogens is 1. The van der Waals surface area contributed by atoms with Crippen molar-refractivity contribution in [2.24, 2.45) is 4.99 Å². The van der Waals surface area contributed by atoms with E-state index < -0.39 is 11.9 Å². The van der Waals surface area contributed by atoms with E-state index in [4.69, 9.17) is 9.47 Å². The molecule has 0 spiro atoms. The minimum atomic E-state index is -4.43. The first-order chi connectivity index (χ1) is 13.8. The number of nitrogens with one attached hydrogen (secondary N) is 2. The number of rotatable bonds is 8. The van der Waals surface area contributed by atoms with Gasteiger partial charge in [0.05, 0.1) is 25.8 Å². The van der Waals surface area contributed by atoms with Crippen molar-refractivity contribution in [1.82, 2.24) is 15.6 Å². The summed E-state index contributed by atoms with van der Waals surface area (Å²) in [4.78, 5) is 8.05. The first kappa shape index (κ1) is 26.1. The van der Waals surface area contributed by atoms with Crippen LogP contribution in [0.1, 0.15) is 23.2 Å². The lowest BCUT2D eigenvalue weighted by Gasteiger charge is -2.12. The second-order valence-electron chi connectivity index (χ2n) is 5.85. The number of halogens is 4. The number of phenols is 1. The Morgan fingerprint density at radius 2 is 1.83 bits per heavy atom. The van der Waals surface area contributed by atoms with Gasteiger partial charge in [-0.25, -0.2) is 9.98 Å². The van der Waals surface area contributed by atoms with E-state index in [-0.39, 0.29) is 47.8 Å². The summed E-state index contributed by atoms with van der Waals surface area (Å²) in [5.74, 6) is 0.967. The number of hydrogen-bond donors (Lipinski definition) is 3. The van der Waals surface area contributed by atoms with Crippen molar-refractivity contribution in [2.45, 2.75) is 26.1 Å². The molecule has 30 heavy (non-hydrogen) atoms. The van der Waals surface area contributed by atoms with Gasteiger partial charge in [-0.15, -0.1) is 35.3 Å². The Hall–Kier alpha value is -1.96. The van der Waals surface area contributed by atoms with E-state index in [1.54, 1.807) is 12.1 Å². The first-order valence-corrected chi connectivity index (χ1v) is 9.64. The van der Waals surface area contributed by atoms with Crippen LogP contribution >= 0.6 is 35.3 Å². The topological polar surface area (TPSA) is 88.0 Å². The molecule has 0 radical (unpaired) electrons. The lowest BCUT2D eigenvalue weighted by molar-refractivity contribution is -0.140. The van der Waals surface area contributed by atoms with Gasteiger partial charge in [-0.05, 0) is 24.6 Å². The Bertz CT molecular complexity index is 821. The second-order valence-corrected chi connectivity index (χ2v) is 6.79. The standard InChI is InChI=1S/C18H23F3N4O3S.HI/c1-4-22-17(23-6-5-15-25-14(10-29-15)18(19,20)21)24-9-11-7-12(27-2)16(26)13(8-11)28-3;/h7-8,10,26H,4-6,9H2,1-3H3,(H2,22,23,24);1H. The molecule has 0 atom stereocenters. The number of benzene rings is 1. The van der Waals surface area contributed by atoms with Crippen LogP contribution in [-0.2, 0) is 19.1 Å². The summed E-state index contributed by atoms with van der Waals surface area (Å²) in [5.41, 5.74) is -0.114. The van der Waals surface area contributed by atoms with Crippen molar-refractivity contribution in [3.8, 4) is 17.2 Å². The first-order valence-electron chi connectivity index (χ1n) is 8.76. The van der Waals surface area contributed by atoms with Gasteiger partial charge in [-0.1, -0.05) is 0 Å². The molecule has 1 aromatic heterocycles. The van der Waals surface area contributed by atoms with Crippen molar-refractivity contribution in [2.75, 3.05) is 27.3 Å². The molecular formula is C18H24F3IN4O3S. The Kier molecular flexibility index (Phi) is 10.5. The van der Waals surface area contributed by atoms with Gasteiger partial charge >= 0.3 is 6.18 Å². The highest BCUT2D eigenvalue weighted by molar-refractivity contribution is 14.0. The molecule has 0 amide bonds. The van der Waals surface area contributed by atoms with E-state index in [1.807, 2.05) is 6.92 Å². The van der Waals surface area contributed by atoms with Crippen LogP contribution in [0.5, 0.6) is 17.2 Å². The van der Waals surface area contributed by atoms with Crippen LogP contribution in [0, 0.1) is 0 Å². The summed E-state index contributed by atoms with van der Waals surface area (Å²) in [6.45, 7) is 3.17. The van der Waals surface area contributed by atoms with E-state index in [0.717, 1.165) is 22.3 Å². The van der Waals surface area contributed by atoms with Crippen LogP contribution in [-0.4, -0.2) is 43.4 Å². The molecule has 3 N–H and O–H groups in total. The predicted octanol–water partition coefficient (Wildman–Crippen LogP) is 3.80. The summed E-state index contributed by atoms with van der Waals surface area (Å²) in [6, 6.07) is 3.30. The van der Waals surface area contributed by atoms with Crippen molar-refractivity contribution in [3.63, 3.8) is 0 Å². The largest absolute Gasteiger partial charge is 0.502 e. The van der Waals surface area contributed by atoms with Gasteiger partial charge in [0.2, 0.25) is 5.75 Å². The van der Waals surface area contributed by atoms with Crippen molar-refractivity contribution in [1.29, 1.82) is 0 Å². The molecule has 1 aromatic carbocycles. The van der Waals surface area contributed by atoms with Crippen LogP contribution in [0.3, 0.4) is 0 Å². The number of aliphatic imine (C=N–C) groups is 1. The van der Waals surface area contributed by atoms with Gasteiger partial charge in [-0.2, -0.15) is 13.2 Å². The third kappa shape index (κ3) is 7.38. The molecule has 0 aliphatic carbocycles. The molecule has 7 nitrogen and oxygen atoms in total. The van der Waals surface area contributed by atoms with Crippen LogP contribution in [0.15, 0.2) is 22.5 Å². The Labute approximate surface area is 193 Å².